The molecule has 6 amide bonds. The average molecular weight is 1100 g/mol. The molecule has 5 aliphatic rings. The van der Waals surface area contributed by atoms with Crippen LogP contribution in [-0.4, -0.2) is 234 Å². The average Bonchev–Trinajstić information content (AvgIpc) is 4.02. The topological polar surface area (TPSA) is 349 Å². The number of amides is 6. The van der Waals surface area contributed by atoms with Crippen molar-refractivity contribution in [2.45, 2.75) is 121 Å². The molecule has 0 aromatic heterocycles. The molecule has 7 atom stereocenters. The van der Waals surface area contributed by atoms with Crippen LogP contribution in [0.2, 0.25) is 0 Å². The van der Waals surface area contributed by atoms with Crippen molar-refractivity contribution in [1.29, 1.82) is 0 Å². The number of anilines is 1. The van der Waals surface area contributed by atoms with Gasteiger partial charge in [-0.1, -0.05) is 38.5 Å². The van der Waals surface area contributed by atoms with E-state index < -0.39 is 84.0 Å². The third-order valence-electron chi connectivity index (χ3n) is 15.3. The number of cyclic esters (lactones) is 1. The van der Waals surface area contributed by atoms with Gasteiger partial charge in [0.25, 0.3) is 0 Å². The normalized spacial score (nSPS) is 22.8. The molecule has 1 aromatic rings. The van der Waals surface area contributed by atoms with Gasteiger partial charge in [-0.05, 0) is 68.2 Å². The first-order chi connectivity index (χ1) is 37.3. The van der Waals surface area contributed by atoms with E-state index in [2.05, 4.69) is 41.7 Å². The molecule has 0 saturated carbocycles. The molecule has 26 heteroatoms. The summed E-state index contributed by atoms with van der Waals surface area (Å²) in [5.41, 5.74) is 2.18. The lowest BCUT2D eigenvalue weighted by molar-refractivity contribution is -0.155. The number of aliphatic carboxylic acids is 3. The van der Waals surface area contributed by atoms with Crippen LogP contribution in [0.3, 0.4) is 0 Å². The summed E-state index contributed by atoms with van der Waals surface area (Å²) in [5, 5.41) is 55.3. The lowest BCUT2D eigenvalue weighted by Gasteiger charge is -2.35. The predicted octanol–water partition coefficient (Wildman–Crippen LogP) is -2.71. The zero-order valence-corrected chi connectivity index (χ0v) is 44.8. The first-order valence-corrected chi connectivity index (χ1v) is 27.3. The molecule has 1 aromatic carbocycles. The van der Waals surface area contributed by atoms with Crippen molar-refractivity contribution >= 4 is 65.0 Å². The summed E-state index contributed by atoms with van der Waals surface area (Å²) in [6.45, 7) is 9.39. The number of carboxylic acid groups (broad SMARTS) is 3. The number of rotatable bonds is 27. The number of hydrogen-bond donors (Lipinski definition) is 10. The second-order valence-electron chi connectivity index (χ2n) is 21.2. The van der Waals surface area contributed by atoms with E-state index in [1.54, 1.807) is 6.92 Å². The third-order valence-corrected chi connectivity index (χ3v) is 15.3. The van der Waals surface area contributed by atoms with Gasteiger partial charge in [0.2, 0.25) is 41.7 Å². The monoisotopic (exact) mass is 1100 g/mol. The van der Waals surface area contributed by atoms with Crippen LogP contribution in [0.1, 0.15) is 82.8 Å². The molecular weight excluding hydrogens is 1020 g/mol. The fraction of sp³-hybridized carbons (Fsp3) is 0.692. The predicted molar refractivity (Wildman–Crippen MR) is 279 cm³/mol. The molecule has 6 rings (SSSR count). The summed E-state index contributed by atoms with van der Waals surface area (Å²) in [6.07, 6.45) is 1.08. The van der Waals surface area contributed by atoms with Crippen LogP contribution in [0, 0.1) is 11.8 Å². The highest BCUT2D eigenvalue weighted by atomic mass is 16.6. The summed E-state index contributed by atoms with van der Waals surface area (Å²) in [4.78, 5) is 137. The third kappa shape index (κ3) is 18.4. The molecule has 3 fully saturated rings. The number of nitrogens with zero attached hydrogens (tertiary/aromatic N) is 5. The molecule has 3 saturated heterocycles. The number of nitrogens with one attached hydrogen (secondary N) is 6. The molecule has 5 aliphatic heterocycles. The van der Waals surface area contributed by atoms with Crippen LogP contribution < -0.4 is 36.8 Å². The Balaban J connectivity index is 0.900. The molecule has 0 bridgehead atoms. The Hall–Kier alpha value is -6.32. The largest absolute Gasteiger partial charge is 0.481 e. The van der Waals surface area contributed by atoms with Crippen molar-refractivity contribution < 1.29 is 73.1 Å². The molecule has 78 heavy (non-hydrogen) atoms. The standard InChI is InChI=1S/C52H79N11O15/c1-3-32(2)47(50(75)56-37-9-7-34-5-4-6-35-25-39(63(48(34)35)51(37)76)49(74)57-38-26-46(73)78-52(38)77)58-41(65)12-16-54-40(64)11-15-53-27-36(8-10-43(67)68)55-42(66)29-59-17-13-33(14-18-59)28-60-19-21-61(30-44(69)70)23-24-62(22-20-60)31-45(71)72/h4-6,32-33,36-39,47,52-53,77H,3,7-31H2,1-2H3,(H,54,64)(H,55,66)(H,56,75)(H,57,74)(H,58,65)(H,67,68)(H,69,70)(H,71,72)/t32-,36+,37-,38?,39-,47-,52?/m0/s1. The quantitative estimate of drug-likeness (QED) is 0.0316. The smallest absolute Gasteiger partial charge is 0.317 e. The second kappa shape index (κ2) is 29.6. The summed E-state index contributed by atoms with van der Waals surface area (Å²) < 4.78 is 4.77. The number of likely N-dealkylation sites (tertiary alicyclic amines) is 1. The molecule has 0 spiro atoms. The highest BCUT2D eigenvalue weighted by Gasteiger charge is 2.46. The van der Waals surface area contributed by atoms with E-state index in [-0.39, 0.29) is 102 Å². The van der Waals surface area contributed by atoms with Crippen molar-refractivity contribution in [2.75, 3.05) is 103 Å². The number of carboxylic acids is 3. The summed E-state index contributed by atoms with van der Waals surface area (Å²) in [5.74, 6) is -6.38. The molecule has 432 valence electrons. The van der Waals surface area contributed by atoms with Gasteiger partial charge in [0.05, 0.1) is 31.7 Å². The van der Waals surface area contributed by atoms with Crippen LogP contribution in [0.25, 0.3) is 0 Å². The Kier molecular flexibility index (Phi) is 23.1. The van der Waals surface area contributed by atoms with Gasteiger partial charge in [0.1, 0.15) is 24.2 Å². The van der Waals surface area contributed by atoms with Gasteiger partial charge >= 0.3 is 23.9 Å². The number of aryl methyl sites for hydroxylation is 1. The first kappa shape index (κ1) is 60.9. The van der Waals surface area contributed by atoms with E-state index in [9.17, 15) is 68.4 Å². The number of para-hydroxylation sites is 1. The lowest BCUT2D eigenvalue weighted by Crippen LogP contribution is -2.59. The maximum Gasteiger partial charge on any atom is 0.317 e. The van der Waals surface area contributed by atoms with E-state index in [4.69, 9.17) is 4.74 Å². The Labute approximate surface area is 453 Å². The number of hydrogen-bond acceptors (Lipinski definition) is 17. The Bertz CT molecular complexity index is 2290. The van der Waals surface area contributed by atoms with E-state index >= 15 is 0 Å². The number of benzene rings is 1. The van der Waals surface area contributed by atoms with Gasteiger partial charge in [0, 0.05) is 97.2 Å². The van der Waals surface area contributed by atoms with Gasteiger partial charge in [-0.3, -0.25) is 67.5 Å². The van der Waals surface area contributed by atoms with Crippen molar-refractivity contribution in [3.05, 3.63) is 29.3 Å². The number of ether oxygens (including phenoxy) is 1. The van der Waals surface area contributed by atoms with Crippen LogP contribution >= 0.6 is 0 Å². The minimum Gasteiger partial charge on any atom is -0.481 e. The second-order valence-corrected chi connectivity index (χ2v) is 21.2. The Morgan fingerprint density at radius 2 is 1.33 bits per heavy atom. The zero-order valence-electron chi connectivity index (χ0n) is 44.8. The minimum absolute atomic E-state index is 0.0175. The molecule has 26 nitrogen and oxygen atoms in total. The van der Waals surface area contributed by atoms with Gasteiger partial charge < -0.3 is 62.0 Å². The van der Waals surface area contributed by atoms with Crippen LogP contribution in [-0.2, 0) is 65.5 Å². The maximum atomic E-state index is 14.3. The molecule has 5 heterocycles. The maximum absolute atomic E-state index is 14.3. The van der Waals surface area contributed by atoms with E-state index in [0.717, 1.165) is 30.5 Å². The highest BCUT2D eigenvalue weighted by molar-refractivity contribution is 6.08. The fourth-order valence-electron chi connectivity index (χ4n) is 10.8. The number of aliphatic hydroxyl groups excluding tert-OH is 1. The van der Waals surface area contributed by atoms with Gasteiger partial charge in [-0.25, -0.2) is 0 Å². The van der Waals surface area contributed by atoms with Crippen LogP contribution in [0.15, 0.2) is 18.2 Å². The number of carbonyl (C=O) groups excluding carboxylic acids is 7. The lowest BCUT2D eigenvalue weighted by atomic mass is 9.96. The summed E-state index contributed by atoms with van der Waals surface area (Å²) in [7, 11) is 0. The number of esters is 1. The van der Waals surface area contributed by atoms with Crippen molar-refractivity contribution in [3.8, 4) is 0 Å². The highest BCUT2D eigenvalue weighted by Crippen LogP contribution is 2.39. The molecule has 0 radical (unpaired) electrons. The molecule has 2 unspecified atom stereocenters. The number of carbonyl (C=O) groups is 10. The van der Waals surface area contributed by atoms with E-state index in [1.807, 2.05) is 34.9 Å². The van der Waals surface area contributed by atoms with E-state index in [0.29, 0.717) is 76.8 Å². The SMILES string of the molecule is CC[C@H](C)[C@H](NC(=O)CCNC(=O)CCNC[C@@H](CCC(=O)O)NC(=O)CN1CCC(CN2CCN(CC(=O)O)CCN(CC(=O)O)CC2)CC1)C(=O)N[C@H]1CCc2cccc3c2N(C1=O)[C@H](C(=O)NC1CC(=O)OC1O)C3. The van der Waals surface area contributed by atoms with Crippen molar-refractivity contribution in [2.24, 2.45) is 11.8 Å². The summed E-state index contributed by atoms with van der Waals surface area (Å²) in [6, 6.07) is 0.913. The van der Waals surface area contributed by atoms with Crippen molar-refractivity contribution in [1.82, 2.24) is 51.5 Å². The van der Waals surface area contributed by atoms with Crippen LogP contribution in [0.5, 0.6) is 0 Å². The Morgan fingerprint density at radius 3 is 1.95 bits per heavy atom. The zero-order chi connectivity index (χ0) is 56.5. The number of aliphatic hydroxyl groups is 1. The number of piperidine rings is 1. The molecule has 0 aliphatic carbocycles. The van der Waals surface area contributed by atoms with Gasteiger partial charge in [-0.15, -0.1) is 0 Å². The van der Waals surface area contributed by atoms with E-state index in [1.165, 1.54) is 4.90 Å². The van der Waals surface area contributed by atoms with Gasteiger partial charge in [-0.2, -0.15) is 0 Å². The molecule has 10 N–H and O–H groups in total. The first-order valence-electron chi connectivity index (χ1n) is 27.3. The minimum atomic E-state index is -1.52. The van der Waals surface area contributed by atoms with Crippen molar-refractivity contribution in [3.63, 3.8) is 0 Å². The summed E-state index contributed by atoms with van der Waals surface area (Å²) >= 11 is 0. The van der Waals surface area contributed by atoms with Crippen LogP contribution in [0.4, 0.5) is 5.69 Å². The Morgan fingerprint density at radius 1 is 0.705 bits per heavy atom. The van der Waals surface area contributed by atoms with Gasteiger partial charge in [0.15, 0.2) is 0 Å². The fourth-order valence-corrected chi connectivity index (χ4v) is 10.8. The molecular formula is C52H79N11O15.